The van der Waals surface area contributed by atoms with Crippen LogP contribution in [-0.4, -0.2) is 23.1 Å². The Balaban J connectivity index is -0.000000000952. The second-order valence-electron chi connectivity index (χ2n) is 0.0540. The van der Waals surface area contributed by atoms with E-state index in [9.17, 15) is 0 Å². The van der Waals surface area contributed by atoms with Crippen LogP contribution in [0.1, 0.15) is 0 Å². The first-order valence-corrected chi connectivity index (χ1v) is 3.53. The number of hydrogen-bond donors (Lipinski definition) is 0. The molecule has 0 aromatic heterocycles. The van der Waals surface area contributed by atoms with Crippen molar-refractivity contribution in [3.8, 4) is 0 Å². The van der Waals surface area contributed by atoms with E-state index in [0.29, 0.717) is 0 Å². The van der Waals surface area contributed by atoms with Crippen LogP contribution in [0, 0.1) is 0 Å². The summed E-state index contributed by atoms with van der Waals surface area (Å²) in [6.45, 7) is 0. The SMILES string of the molecule is [Cl-].[Cl-].[Cl-].[Cl-].[Cl][Mn][Cl].[Mg+2].[Na+].[Na+]. The Morgan fingerprint density at radius 3 is 0.700 bits per heavy atom. The number of rotatable bonds is 0. The maximum atomic E-state index is 4.80. The average molecular weight is 338 g/mol. The summed E-state index contributed by atoms with van der Waals surface area (Å²) in [5, 5.41) is 0. The van der Waals surface area contributed by atoms with E-state index >= 15 is 0 Å². The van der Waals surface area contributed by atoms with Crippen molar-refractivity contribution in [3.05, 3.63) is 0 Å². The molecule has 0 unspecified atom stereocenters. The molecule has 0 amide bonds. The molecule has 0 radical (unpaired) electrons. The van der Waals surface area contributed by atoms with Crippen LogP contribution in [0.5, 0.6) is 0 Å². The van der Waals surface area contributed by atoms with Crippen LogP contribution < -0.4 is 109 Å². The minimum atomic E-state index is 0. The third kappa shape index (κ3) is 74.6. The van der Waals surface area contributed by atoms with Gasteiger partial charge in [-0.05, 0) is 0 Å². The first kappa shape index (κ1) is 59.9. The zero-order valence-electron chi connectivity index (χ0n) is 5.35. The molecule has 0 atom stereocenters. The Morgan fingerprint density at radius 2 is 0.700 bits per heavy atom. The average Bonchev–Trinajstić information content (AvgIpc) is 0.918. The van der Waals surface area contributed by atoms with Gasteiger partial charge in [0.1, 0.15) is 0 Å². The van der Waals surface area contributed by atoms with Gasteiger partial charge in [0.25, 0.3) is 0 Å². The molecular weight excluding hydrogens is 338 g/mol. The second kappa shape index (κ2) is 65.5. The largest absolute Gasteiger partial charge is 2.00 e. The minimum absolute atomic E-state index is 0. The van der Waals surface area contributed by atoms with Crippen molar-refractivity contribution < 1.29 is 122 Å². The van der Waals surface area contributed by atoms with E-state index in [-0.39, 0.29) is 145 Å². The van der Waals surface area contributed by atoms with Crippen LogP contribution in [0.25, 0.3) is 0 Å². The molecule has 10 heteroatoms. The van der Waals surface area contributed by atoms with Crippen LogP contribution in [0.2, 0.25) is 0 Å². The van der Waals surface area contributed by atoms with Crippen LogP contribution in [0.4, 0.5) is 0 Å². The predicted molar refractivity (Wildman–Crippen MR) is 17.5 cm³/mol. The topological polar surface area (TPSA) is 0 Å². The van der Waals surface area contributed by atoms with Gasteiger partial charge in [-0.2, -0.15) is 0 Å². The predicted octanol–water partition coefficient (Wildman–Crippen LogP) is -17.0. The maximum Gasteiger partial charge on any atom is 2.00 e. The second-order valence-corrected chi connectivity index (χ2v) is 2.00. The van der Waals surface area contributed by atoms with Gasteiger partial charge in [0, 0.05) is 0 Å². The van der Waals surface area contributed by atoms with Crippen molar-refractivity contribution in [2.45, 2.75) is 0 Å². The molecule has 0 nitrogen and oxygen atoms in total. The van der Waals surface area contributed by atoms with Crippen molar-refractivity contribution in [3.63, 3.8) is 0 Å². The molecule has 0 aliphatic heterocycles. The summed E-state index contributed by atoms with van der Waals surface area (Å²) < 4.78 is 0. The molecule has 0 aromatic carbocycles. The Kier molecular flexibility index (Phi) is 392. The van der Waals surface area contributed by atoms with E-state index in [1.165, 1.54) is 0 Å². The van der Waals surface area contributed by atoms with Crippen molar-refractivity contribution >= 4 is 43.2 Å². The number of halogens is 6. The van der Waals surface area contributed by atoms with E-state index in [0.717, 1.165) is 0 Å². The summed E-state index contributed by atoms with van der Waals surface area (Å²) in [5.41, 5.74) is 0. The molecule has 0 spiro atoms. The Bertz CT molecular complexity index is 15.7. The van der Waals surface area contributed by atoms with Gasteiger partial charge in [0.2, 0.25) is 0 Å². The summed E-state index contributed by atoms with van der Waals surface area (Å²) in [4.78, 5) is 0. The summed E-state index contributed by atoms with van der Waals surface area (Å²) in [6.07, 6.45) is 0. The summed E-state index contributed by atoms with van der Waals surface area (Å²) >= 11 is 0.00694. The van der Waals surface area contributed by atoms with Crippen molar-refractivity contribution in [2.75, 3.05) is 0 Å². The first-order chi connectivity index (χ1) is 1.41. The number of hydrogen-bond acceptors (Lipinski definition) is 0. The minimum Gasteiger partial charge on any atom is 1.00 e. The van der Waals surface area contributed by atoms with Crippen LogP contribution >= 0.6 is 20.2 Å². The van der Waals surface area contributed by atoms with E-state index in [1.807, 2.05) is 0 Å². The zero-order chi connectivity index (χ0) is 2.71. The van der Waals surface area contributed by atoms with Crippen LogP contribution in [-0.2, 0) is 13.1 Å². The van der Waals surface area contributed by atoms with Gasteiger partial charge >= 0.3 is 115 Å². The van der Waals surface area contributed by atoms with Crippen LogP contribution in [0.3, 0.4) is 0 Å². The molecule has 0 fully saturated rings. The monoisotopic (exact) mass is 335 g/mol. The maximum absolute atomic E-state index is 4.80. The Morgan fingerprint density at radius 1 is 0.700 bits per heavy atom. The molecule has 0 saturated heterocycles. The Hall–Kier alpha value is 5.03. The molecule has 0 aliphatic rings. The van der Waals surface area contributed by atoms with Gasteiger partial charge < -0.3 is 49.6 Å². The molecule has 0 heterocycles. The van der Waals surface area contributed by atoms with Gasteiger partial charge in [-0.3, -0.25) is 0 Å². The van der Waals surface area contributed by atoms with Gasteiger partial charge in [-0.25, -0.2) is 0 Å². The molecule has 10 heavy (non-hydrogen) atoms. The fourth-order valence-corrected chi connectivity index (χ4v) is 0. The van der Waals surface area contributed by atoms with E-state index in [4.69, 9.17) is 20.2 Å². The van der Waals surface area contributed by atoms with Crippen LogP contribution in [0.15, 0.2) is 0 Å². The molecule has 0 aromatic rings. The van der Waals surface area contributed by atoms with Gasteiger partial charge in [0.15, 0.2) is 0 Å². The molecule has 0 rings (SSSR count). The fraction of sp³-hybridized carbons (Fsp3) is 0. The smallest absolute Gasteiger partial charge is 1.00 e. The fourth-order valence-electron chi connectivity index (χ4n) is 0. The molecule has 0 N–H and O–H groups in total. The van der Waals surface area contributed by atoms with Gasteiger partial charge in [0.05, 0.1) is 0 Å². The Labute approximate surface area is 161 Å². The first-order valence-electron chi connectivity index (χ1n) is 0.286. The quantitative estimate of drug-likeness (QED) is 0.385. The molecule has 0 bridgehead atoms. The van der Waals surface area contributed by atoms with Crippen molar-refractivity contribution in [1.29, 1.82) is 0 Å². The van der Waals surface area contributed by atoms with E-state index in [1.54, 1.807) is 0 Å². The molecule has 53 valence electrons. The van der Waals surface area contributed by atoms with E-state index < -0.39 is 0 Å². The van der Waals surface area contributed by atoms with Crippen molar-refractivity contribution in [1.82, 2.24) is 0 Å². The zero-order valence-corrected chi connectivity index (χ0v) is 16.5. The summed E-state index contributed by atoms with van der Waals surface area (Å²) in [7, 11) is 9.59. The molecule has 0 aliphatic carbocycles. The summed E-state index contributed by atoms with van der Waals surface area (Å²) in [6, 6.07) is 0. The van der Waals surface area contributed by atoms with Crippen molar-refractivity contribution in [2.24, 2.45) is 0 Å². The van der Waals surface area contributed by atoms with Gasteiger partial charge in [-0.15, -0.1) is 0 Å². The normalized spacial score (nSPS) is 1.80. The third-order valence-corrected chi connectivity index (χ3v) is 0. The molecule has 0 saturated carbocycles. The van der Waals surface area contributed by atoms with Gasteiger partial charge in [-0.1, -0.05) is 0 Å². The summed E-state index contributed by atoms with van der Waals surface area (Å²) in [5.74, 6) is 0. The molecular formula is Cl6MgMnNa2. The third-order valence-electron chi connectivity index (χ3n) is 0. The standard InChI is InChI=1S/6ClH.Mg.Mn.2Na/h6*1H;;;;/q;;;;;;2*+2;2*+1/p-6. The van der Waals surface area contributed by atoms with E-state index in [2.05, 4.69) is 0 Å².